The van der Waals surface area contributed by atoms with E-state index in [1.165, 1.54) is 41.5 Å². The summed E-state index contributed by atoms with van der Waals surface area (Å²) in [4.78, 5) is 8.65. The van der Waals surface area contributed by atoms with Gasteiger partial charge in [-0.25, -0.2) is 4.98 Å². The van der Waals surface area contributed by atoms with Gasteiger partial charge in [-0.05, 0) is 46.3 Å². The first kappa shape index (κ1) is 14.0. The van der Waals surface area contributed by atoms with Gasteiger partial charge in [0.25, 0.3) is 0 Å². The molecule has 18 heavy (non-hydrogen) atoms. The molecule has 0 radical (unpaired) electrons. The van der Waals surface area contributed by atoms with Crippen LogP contribution < -0.4 is 5.73 Å². The van der Waals surface area contributed by atoms with Crippen molar-refractivity contribution in [2.24, 2.45) is 5.73 Å². The molecular formula is C14H25N3S. The van der Waals surface area contributed by atoms with E-state index < -0.39 is 0 Å². The summed E-state index contributed by atoms with van der Waals surface area (Å²) in [6.45, 7) is 7.50. The van der Waals surface area contributed by atoms with E-state index in [2.05, 4.69) is 25.8 Å². The minimum atomic E-state index is 0.502. The zero-order valence-electron chi connectivity index (χ0n) is 11.8. The van der Waals surface area contributed by atoms with Crippen LogP contribution in [0.15, 0.2) is 0 Å². The molecule has 2 N–H and O–H groups in total. The molecule has 0 aromatic carbocycles. The second kappa shape index (κ2) is 6.13. The van der Waals surface area contributed by atoms with Crippen LogP contribution in [0.5, 0.6) is 0 Å². The SMILES string of the molecule is CCC(CN)c1sc(C2CCN(C)CC2)nc1C. The average Bonchev–Trinajstić information content (AvgIpc) is 2.74. The number of aryl methyl sites for hydroxylation is 1. The number of nitrogens with two attached hydrogens (primary N) is 1. The lowest BCUT2D eigenvalue weighted by molar-refractivity contribution is 0.255. The molecule has 1 aromatic heterocycles. The zero-order valence-corrected chi connectivity index (χ0v) is 12.6. The Kier molecular flexibility index (Phi) is 4.76. The predicted molar refractivity (Wildman–Crippen MR) is 78.4 cm³/mol. The van der Waals surface area contributed by atoms with Crippen molar-refractivity contribution >= 4 is 11.3 Å². The van der Waals surface area contributed by atoms with Crippen LogP contribution in [0.2, 0.25) is 0 Å². The second-order valence-corrected chi connectivity index (χ2v) is 6.48. The van der Waals surface area contributed by atoms with E-state index in [-0.39, 0.29) is 0 Å². The summed E-state index contributed by atoms with van der Waals surface area (Å²) in [7, 11) is 2.20. The van der Waals surface area contributed by atoms with Gasteiger partial charge in [-0.15, -0.1) is 11.3 Å². The quantitative estimate of drug-likeness (QED) is 0.912. The van der Waals surface area contributed by atoms with Gasteiger partial charge in [-0.3, -0.25) is 0 Å². The van der Waals surface area contributed by atoms with Gasteiger partial charge in [0, 0.05) is 23.3 Å². The van der Waals surface area contributed by atoms with E-state index in [4.69, 9.17) is 10.7 Å². The summed E-state index contributed by atoms with van der Waals surface area (Å²) in [6, 6.07) is 0. The first-order valence-electron chi connectivity index (χ1n) is 7.01. The Hall–Kier alpha value is -0.450. The zero-order chi connectivity index (χ0) is 13.1. The van der Waals surface area contributed by atoms with Gasteiger partial charge in [0.15, 0.2) is 0 Å². The van der Waals surface area contributed by atoms with Gasteiger partial charge in [-0.2, -0.15) is 0 Å². The predicted octanol–water partition coefficient (Wildman–Crippen LogP) is 2.71. The molecule has 1 fully saturated rings. The maximum Gasteiger partial charge on any atom is 0.0962 e. The number of hydrogen-bond acceptors (Lipinski definition) is 4. The Labute approximate surface area is 114 Å². The summed E-state index contributed by atoms with van der Waals surface area (Å²) < 4.78 is 0. The van der Waals surface area contributed by atoms with Gasteiger partial charge in [0.2, 0.25) is 0 Å². The Morgan fingerprint density at radius 2 is 2.11 bits per heavy atom. The molecule has 1 aliphatic rings. The summed E-state index contributed by atoms with van der Waals surface area (Å²) in [5, 5.41) is 1.35. The van der Waals surface area contributed by atoms with Crippen LogP contribution in [-0.4, -0.2) is 36.6 Å². The second-order valence-electron chi connectivity index (χ2n) is 5.42. The fourth-order valence-electron chi connectivity index (χ4n) is 2.70. The van der Waals surface area contributed by atoms with Crippen LogP contribution >= 0.6 is 11.3 Å². The summed E-state index contributed by atoms with van der Waals surface area (Å²) in [6.07, 6.45) is 3.62. The summed E-state index contributed by atoms with van der Waals surface area (Å²) in [5.74, 6) is 1.18. The monoisotopic (exact) mass is 267 g/mol. The van der Waals surface area contributed by atoms with Crippen molar-refractivity contribution < 1.29 is 0 Å². The molecule has 1 unspecified atom stereocenters. The lowest BCUT2D eigenvalue weighted by atomic mass is 9.98. The van der Waals surface area contributed by atoms with Crippen LogP contribution in [0.25, 0.3) is 0 Å². The fourth-order valence-corrected chi connectivity index (χ4v) is 4.13. The maximum atomic E-state index is 5.86. The first-order valence-corrected chi connectivity index (χ1v) is 7.83. The highest BCUT2D eigenvalue weighted by molar-refractivity contribution is 7.12. The topological polar surface area (TPSA) is 42.1 Å². The molecule has 3 nitrogen and oxygen atoms in total. The van der Waals surface area contributed by atoms with Gasteiger partial charge in [0.1, 0.15) is 0 Å². The lowest BCUT2D eigenvalue weighted by Crippen LogP contribution is -2.29. The largest absolute Gasteiger partial charge is 0.330 e. The van der Waals surface area contributed by atoms with Gasteiger partial charge < -0.3 is 10.6 Å². The Balaban J connectivity index is 2.13. The van der Waals surface area contributed by atoms with Gasteiger partial charge in [0.05, 0.1) is 10.7 Å². The molecule has 0 spiro atoms. The van der Waals surface area contributed by atoms with Gasteiger partial charge >= 0.3 is 0 Å². The Morgan fingerprint density at radius 1 is 1.44 bits per heavy atom. The summed E-state index contributed by atoms with van der Waals surface area (Å²) in [5.41, 5.74) is 7.08. The first-order chi connectivity index (χ1) is 8.65. The van der Waals surface area contributed by atoms with Crippen LogP contribution in [0, 0.1) is 6.92 Å². The normalized spacial score (nSPS) is 20.2. The van der Waals surface area contributed by atoms with Crippen LogP contribution in [0.1, 0.15) is 53.6 Å². The van der Waals surface area contributed by atoms with E-state index >= 15 is 0 Å². The fraction of sp³-hybridized carbons (Fsp3) is 0.786. The highest BCUT2D eigenvalue weighted by Gasteiger charge is 2.24. The van der Waals surface area contributed by atoms with Gasteiger partial charge in [-0.1, -0.05) is 6.92 Å². The molecule has 0 saturated carbocycles. The van der Waals surface area contributed by atoms with E-state index in [1.54, 1.807) is 0 Å². The van der Waals surface area contributed by atoms with E-state index in [0.29, 0.717) is 11.8 Å². The third kappa shape index (κ3) is 2.92. The molecular weight excluding hydrogens is 242 g/mol. The third-order valence-electron chi connectivity index (χ3n) is 4.06. The molecule has 0 amide bonds. The van der Waals surface area contributed by atoms with E-state index in [0.717, 1.165) is 13.0 Å². The number of piperidine rings is 1. The number of nitrogens with zero attached hydrogens (tertiary/aromatic N) is 2. The maximum absolute atomic E-state index is 5.86. The third-order valence-corrected chi connectivity index (χ3v) is 5.55. The molecule has 1 aromatic rings. The molecule has 1 atom stereocenters. The van der Waals surface area contributed by atoms with E-state index in [9.17, 15) is 0 Å². The van der Waals surface area contributed by atoms with Crippen LogP contribution in [0.3, 0.4) is 0 Å². The minimum absolute atomic E-state index is 0.502. The molecule has 2 heterocycles. The molecule has 0 bridgehead atoms. The molecule has 4 heteroatoms. The highest BCUT2D eigenvalue weighted by atomic mass is 32.1. The molecule has 0 aliphatic carbocycles. The number of rotatable bonds is 4. The highest BCUT2D eigenvalue weighted by Crippen LogP contribution is 2.35. The molecule has 102 valence electrons. The molecule has 2 rings (SSSR count). The van der Waals surface area contributed by atoms with E-state index in [1.807, 2.05) is 11.3 Å². The number of hydrogen-bond donors (Lipinski definition) is 1. The smallest absolute Gasteiger partial charge is 0.0962 e. The Bertz CT molecular complexity index is 376. The Morgan fingerprint density at radius 3 is 2.67 bits per heavy atom. The van der Waals surface area contributed by atoms with Crippen LogP contribution in [0.4, 0.5) is 0 Å². The van der Waals surface area contributed by atoms with Crippen molar-refractivity contribution in [3.8, 4) is 0 Å². The standard InChI is InChI=1S/C14H25N3S/c1-4-11(9-15)13-10(2)16-14(18-13)12-5-7-17(3)8-6-12/h11-12H,4-9,15H2,1-3H3. The van der Waals surface area contributed by atoms with Crippen molar-refractivity contribution in [3.63, 3.8) is 0 Å². The van der Waals surface area contributed by atoms with Crippen LogP contribution in [-0.2, 0) is 0 Å². The lowest BCUT2D eigenvalue weighted by Gasteiger charge is -2.27. The minimum Gasteiger partial charge on any atom is -0.330 e. The number of aromatic nitrogens is 1. The number of likely N-dealkylation sites (tertiary alicyclic amines) is 1. The average molecular weight is 267 g/mol. The number of thiazole rings is 1. The molecule has 1 aliphatic heterocycles. The van der Waals surface area contributed by atoms with Crippen molar-refractivity contribution in [2.45, 2.75) is 44.9 Å². The summed E-state index contributed by atoms with van der Waals surface area (Å²) >= 11 is 1.91. The van der Waals surface area contributed by atoms with Crippen molar-refractivity contribution in [2.75, 3.05) is 26.7 Å². The van der Waals surface area contributed by atoms with Crippen molar-refractivity contribution in [3.05, 3.63) is 15.6 Å². The van der Waals surface area contributed by atoms with Crippen molar-refractivity contribution in [1.82, 2.24) is 9.88 Å². The van der Waals surface area contributed by atoms with Crippen molar-refractivity contribution in [1.29, 1.82) is 0 Å². The molecule has 1 saturated heterocycles.